The maximum Gasteiger partial charge on any atom is 0.257 e. The lowest BCUT2D eigenvalue weighted by Crippen LogP contribution is -2.40. The van der Waals surface area contributed by atoms with Crippen LogP contribution in [0.4, 0.5) is 5.69 Å². The Balaban J connectivity index is 2.24. The van der Waals surface area contributed by atoms with Crippen LogP contribution in [0.2, 0.25) is 0 Å². The fraction of sp³-hybridized carbons (Fsp3) is 0.417. The molecule has 5 nitrogen and oxygen atoms in total. The second kappa shape index (κ2) is 4.25. The highest BCUT2D eigenvalue weighted by molar-refractivity contribution is 6.02. The molecule has 92 valence electrons. The Bertz CT molecular complexity index is 441. The summed E-state index contributed by atoms with van der Waals surface area (Å²) >= 11 is 0. The Kier molecular flexibility index (Phi) is 2.93. The van der Waals surface area contributed by atoms with Crippen molar-refractivity contribution in [2.24, 2.45) is 0 Å². The molecule has 1 saturated carbocycles. The molecule has 5 heteroatoms. The summed E-state index contributed by atoms with van der Waals surface area (Å²) in [6, 6.07) is 5.06. The number of ether oxygens (including phenoxy) is 1. The molecule has 0 spiro atoms. The minimum Gasteiger partial charge on any atom is -0.496 e. The summed E-state index contributed by atoms with van der Waals surface area (Å²) in [7, 11) is 1.49. The molecule has 0 unspecified atom stereocenters. The normalized spacial score (nSPS) is 16.4. The van der Waals surface area contributed by atoms with Gasteiger partial charge < -0.3 is 20.9 Å². The summed E-state index contributed by atoms with van der Waals surface area (Å²) in [6.45, 7) is -0.0478. The van der Waals surface area contributed by atoms with Crippen LogP contribution in [0.3, 0.4) is 0 Å². The van der Waals surface area contributed by atoms with Gasteiger partial charge in [0.05, 0.1) is 19.3 Å². The van der Waals surface area contributed by atoms with E-state index in [4.69, 9.17) is 10.5 Å². The first kappa shape index (κ1) is 11.7. The minimum atomic E-state index is -0.454. The summed E-state index contributed by atoms with van der Waals surface area (Å²) in [4.78, 5) is 12.1. The molecule has 1 aliphatic carbocycles. The highest BCUT2D eigenvalue weighted by atomic mass is 16.5. The van der Waals surface area contributed by atoms with Gasteiger partial charge in [-0.3, -0.25) is 4.79 Å². The Morgan fingerprint density at radius 2 is 2.29 bits per heavy atom. The maximum absolute atomic E-state index is 12.1. The van der Waals surface area contributed by atoms with Crippen molar-refractivity contribution < 1.29 is 14.6 Å². The lowest BCUT2D eigenvalue weighted by Gasteiger charge is -2.16. The second-order valence-electron chi connectivity index (χ2n) is 4.32. The van der Waals surface area contributed by atoms with Crippen molar-refractivity contribution in [2.75, 3.05) is 19.5 Å². The Morgan fingerprint density at radius 1 is 1.59 bits per heavy atom. The molecular formula is C12H16N2O3. The summed E-state index contributed by atoms with van der Waals surface area (Å²) in [6.07, 6.45) is 1.59. The first-order valence-electron chi connectivity index (χ1n) is 5.48. The first-order valence-corrected chi connectivity index (χ1v) is 5.48. The molecule has 4 N–H and O–H groups in total. The molecule has 2 rings (SSSR count). The molecule has 1 aromatic carbocycles. The van der Waals surface area contributed by atoms with E-state index in [0.29, 0.717) is 17.0 Å². The number of aliphatic hydroxyl groups excluding tert-OH is 1. The molecule has 17 heavy (non-hydrogen) atoms. The third-order valence-corrected chi connectivity index (χ3v) is 3.04. The van der Waals surface area contributed by atoms with Crippen molar-refractivity contribution in [1.29, 1.82) is 0 Å². The average Bonchev–Trinajstić information content (AvgIpc) is 3.08. The van der Waals surface area contributed by atoms with E-state index < -0.39 is 5.54 Å². The maximum atomic E-state index is 12.1. The highest BCUT2D eigenvalue weighted by Crippen LogP contribution is 2.35. The molecule has 1 amide bonds. The predicted molar refractivity (Wildman–Crippen MR) is 63.9 cm³/mol. The van der Waals surface area contributed by atoms with E-state index in [1.54, 1.807) is 18.2 Å². The fourth-order valence-electron chi connectivity index (χ4n) is 1.74. The number of nitrogens with two attached hydrogens (primary N) is 1. The SMILES string of the molecule is COc1cccc(N)c1C(=O)NC1(CO)CC1. The Labute approximate surface area is 99.6 Å². The summed E-state index contributed by atoms with van der Waals surface area (Å²) in [5, 5.41) is 12.0. The highest BCUT2D eigenvalue weighted by Gasteiger charge is 2.44. The Morgan fingerprint density at radius 3 is 2.82 bits per heavy atom. The van der Waals surface area contributed by atoms with Crippen molar-refractivity contribution in [2.45, 2.75) is 18.4 Å². The number of hydrogen-bond donors (Lipinski definition) is 3. The van der Waals surface area contributed by atoms with Crippen molar-refractivity contribution in [3.8, 4) is 5.75 Å². The third-order valence-electron chi connectivity index (χ3n) is 3.04. The van der Waals surface area contributed by atoms with Gasteiger partial charge in [-0.25, -0.2) is 0 Å². The van der Waals surface area contributed by atoms with Crippen LogP contribution >= 0.6 is 0 Å². The van der Waals surface area contributed by atoms with E-state index in [2.05, 4.69) is 5.32 Å². The van der Waals surface area contributed by atoms with E-state index in [-0.39, 0.29) is 12.5 Å². The van der Waals surface area contributed by atoms with Crippen molar-refractivity contribution in [3.05, 3.63) is 23.8 Å². The van der Waals surface area contributed by atoms with E-state index in [1.807, 2.05) is 0 Å². The lowest BCUT2D eigenvalue weighted by molar-refractivity contribution is 0.0904. The third kappa shape index (κ3) is 2.19. The largest absolute Gasteiger partial charge is 0.496 e. The van der Waals surface area contributed by atoms with Gasteiger partial charge in [-0.1, -0.05) is 6.07 Å². The van der Waals surface area contributed by atoms with Gasteiger partial charge in [0.1, 0.15) is 11.3 Å². The topological polar surface area (TPSA) is 84.6 Å². The number of benzene rings is 1. The number of aliphatic hydroxyl groups is 1. The van der Waals surface area contributed by atoms with E-state index >= 15 is 0 Å². The number of carbonyl (C=O) groups excluding carboxylic acids is 1. The molecule has 0 heterocycles. The Hall–Kier alpha value is -1.75. The molecule has 1 fully saturated rings. The zero-order valence-corrected chi connectivity index (χ0v) is 9.69. The zero-order valence-electron chi connectivity index (χ0n) is 9.69. The number of nitrogen functional groups attached to an aromatic ring is 1. The van der Waals surface area contributed by atoms with Gasteiger partial charge in [-0.2, -0.15) is 0 Å². The van der Waals surface area contributed by atoms with Gasteiger partial charge in [0.2, 0.25) is 0 Å². The molecule has 0 bridgehead atoms. The van der Waals surface area contributed by atoms with Crippen LogP contribution in [0, 0.1) is 0 Å². The average molecular weight is 236 g/mol. The van der Waals surface area contributed by atoms with E-state index in [9.17, 15) is 9.90 Å². The monoisotopic (exact) mass is 236 g/mol. The molecule has 0 atom stereocenters. The van der Waals surface area contributed by atoms with Gasteiger partial charge in [0.25, 0.3) is 5.91 Å². The molecule has 1 aromatic rings. The lowest BCUT2D eigenvalue weighted by atomic mass is 10.1. The molecule has 0 aromatic heterocycles. The number of carbonyl (C=O) groups is 1. The summed E-state index contributed by atoms with van der Waals surface area (Å²) < 4.78 is 5.11. The molecule has 1 aliphatic rings. The smallest absolute Gasteiger partial charge is 0.257 e. The van der Waals surface area contributed by atoms with Crippen LogP contribution in [0.5, 0.6) is 5.75 Å². The van der Waals surface area contributed by atoms with Crippen molar-refractivity contribution in [1.82, 2.24) is 5.32 Å². The first-order chi connectivity index (χ1) is 8.12. The molecular weight excluding hydrogens is 220 g/mol. The van der Waals surface area contributed by atoms with Gasteiger partial charge in [0, 0.05) is 5.69 Å². The molecule has 0 radical (unpaired) electrons. The number of methoxy groups -OCH3 is 1. The summed E-state index contributed by atoms with van der Waals surface area (Å²) in [5.41, 5.74) is 6.02. The van der Waals surface area contributed by atoms with E-state index in [0.717, 1.165) is 12.8 Å². The quantitative estimate of drug-likeness (QED) is 0.666. The van der Waals surface area contributed by atoms with E-state index in [1.165, 1.54) is 7.11 Å². The number of hydrogen-bond acceptors (Lipinski definition) is 4. The van der Waals surface area contributed by atoms with Gasteiger partial charge in [-0.15, -0.1) is 0 Å². The van der Waals surface area contributed by atoms with Crippen molar-refractivity contribution in [3.63, 3.8) is 0 Å². The minimum absolute atomic E-state index is 0.0478. The zero-order chi connectivity index (χ0) is 12.5. The van der Waals surface area contributed by atoms with Crippen LogP contribution < -0.4 is 15.8 Å². The number of nitrogens with one attached hydrogen (secondary N) is 1. The second-order valence-corrected chi connectivity index (χ2v) is 4.32. The van der Waals surface area contributed by atoms with Crippen LogP contribution in [-0.4, -0.2) is 30.3 Å². The van der Waals surface area contributed by atoms with Crippen LogP contribution in [-0.2, 0) is 0 Å². The van der Waals surface area contributed by atoms with Crippen LogP contribution in [0.25, 0.3) is 0 Å². The van der Waals surface area contributed by atoms with Crippen molar-refractivity contribution >= 4 is 11.6 Å². The predicted octanol–water partition coefficient (Wildman–Crippen LogP) is 0.532. The molecule has 0 aliphatic heterocycles. The van der Waals surface area contributed by atoms with Gasteiger partial charge >= 0.3 is 0 Å². The fourth-order valence-corrected chi connectivity index (χ4v) is 1.74. The number of anilines is 1. The van der Waals surface area contributed by atoms with Gasteiger partial charge in [0.15, 0.2) is 0 Å². The standard InChI is InChI=1S/C12H16N2O3/c1-17-9-4-2-3-8(13)10(9)11(16)14-12(7-15)5-6-12/h2-4,15H,5-7,13H2,1H3,(H,14,16). The van der Waals surface area contributed by atoms with Crippen LogP contribution in [0.15, 0.2) is 18.2 Å². The molecule has 0 saturated heterocycles. The summed E-state index contributed by atoms with van der Waals surface area (Å²) in [5.74, 6) is 0.141. The van der Waals surface area contributed by atoms with Crippen LogP contribution in [0.1, 0.15) is 23.2 Å². The number of rotatable bonds is 4. The van der Waals surface area contributed by atoms with Gasteiger partial charge in [-0.05, 0) is 25.0 Å². The number of amides is 1.